The molecular weight excluding hydrogens is 424 g/mol. The molecule has 2 aromatic heterocycles. The third-order valence-electron chi connectivity index (χ3n) is 5.89. The molecule has 0 bridgehead atoms. The molecule has 1 aliphatic rings. The van der Waals surface area contributed by atoms with E-state index in [1.165, 1.54) is 0 Å². The van der Waals surface area contributed by atoms with Crippen LogP contribution in [0, 0.1) is 5.92 Å². The number of carbonyl (C=O) groups excluding carboxylic acids is 1. The Bertz CT molecular complexity index is 1090. The summed E-state index contributed by atoms with van der Waals surface area (Å²) in [6, 6.07) is 16.5. The molecule has 166 valence electrons. The van der Waals surface area contributed by atoms with Crippen LogP contribution in [0.25, 0.3) is 0 Å². The quantitative estimate of drug-likeness (QED) is 0.579. The maximum Gasteiger partial charge on any atom is 0.254 e. The highest BCUT2D eigenvalue weighted by Gasteiger charge is 2.22. The number of benzene rings is 1. The van der Waals surface area contributed by atoms with E-state index in [9.17, 15) is 9.59 Å². The van der Waals surface area contributed by atoms with Crippen molar-refractivity contribution < 1.29 is 4.79 Å². The second-order valence-corrected chi connectivity index (χ2v) is 8.46. The lowest BCUT2D eigenvalue weighted by Gasteiger charge is -2.22. The van der Waals surface area contributed by atoms with Gasteiger partial charge in [-0.3, -0.25) is 14.6 Å². The number of hydrogen-bond donors (Lipinski definition) is 2. The van der Waals surface area contributed by atoms with Crippen molar-refractivity contribution in [2.75, 3.05) is 19.6 Å². The Balaban J connectivity index is 1.55. The first kappa shape index (κ1) is 22.2. The number of pyridine rings is 2. The van der Waals surface area contributed by atoms with Crippen LogP contribution in [0.1, 0.15) is 35.7 Å². The van der Waals surface area contributed by atoms with Gasteiger partial charge in [0.05, 0.1) is 5.69 Å². The molecule has 2 N–H and O–H groups in total. The molecule has 0 aliphatic carbocycles. The Morgan fingerprint density at radius 2 is 1.91 bits per heavy atom. The van der Waals surface area contributed by atoms with Crippen LogP contribution >= 0.6 is 11.6 Å². The van der Waals surface area contributed by atoms with Gasteiger partial charge < -0.3 is 15.2 Å². The van der Waals surface area contributed by atoms with E-state index in [1.54, 1.807) is 17.0 Å². The molecule has 3 heterocycles. The van der Waals surface area contributed by atoms with Crippen LogP contribution in [0.5, 0.6) is 0 Å². The van der Waals surface area contributed by atoms with Gasteiger partial charge in [0, 0.05) is 35.4 Å². The predicted molar refractivity (Wildman–Crippen MR) is 126 cm³/mol. The molecular formula is C25H27ClN4O2. The highest BCUT2D eigenvalue weighted by Crippen LogP contribution is 2.25. The summed E-state index contributed by atoms with van der Waals surface area (Å²) in [5.41, 5.74) is 2.27. The highest BCUT2D eigenvalue weighted by molar-refractivity contribution is 6.30. The minimum Gasteiger partial charge on any atom is -0.356 e. The number of nitrogens with zero attached hydrogens (tertiary/aromatic N) is 2. The number of hydrogen-bond acceptors (Lipinski definition) is 4. The lowest BCUT2D eigenvalue weighted by Crippen LogP contribution is -2.39. The molecule has 1 saturated heterocycles. The lowest BCUT2D eigenvalue weighted by atomic mass is 9.97. The van der Waals surface area contributed by atoms with E-state index in [-0.39, 0.29) is 23.4 Å². The first-order valence-corrected chi connectivity index (χ1v) is 11.4. The van der Waals surface area contributed by atoms with Crippen molar-refractivity contribution >= 4 is 17.5 Å². The van der Waals surface area contributed by atoms with Crippen molar-refractivity contribution in [1.29, 1.82) is 0 Å². The summed E-state index contributed by atoms with van der Waals surface area (Å²) in [6.07, 6.45) is 5.70. The van der Waals surface area contributed by atoms with E-state index in [4.69, 9.17) is 11.6 Å². The molecule has 1 atom stereocenters. The van der Waals surface area contributed by atoms with Crippen LogP contribution in [-0.4, -0.2) is 35.1 Å². The third-order valence-corrected chi connectivity index (χ3v) is 6.14. The fourth-order valence-corrected chi connectivity index (χ4v) is 4.28. The Hall–Kier alpha value is -2.96. The minimum atomic E-state index is -0.370. The van der Waals surface area contributed by atoms with Crippen molar-refractivity contribution in [3.8, 4) is 0 Å². The first-order valence-electron chi connectivity index (χ1n) is 11.0. The van der Waals surface area contributed by atoms with Gasteiger partial charge in [0.25, 0.3) is 5.56 Å². The molecule has 0 radical (unpaired) electrons. The topological polar surface area (TPSA) is 76.0 Å². The standard InChI is InChI=1S/C25H27ClN4O2/c26-21-8-6-18(7-9-21)23(22-5-1-2-13-28-22)30-17-3-4-20(25(30)32)12-16-29-24(31)19-10-14-27-15-11-19/h1-9,13,17,19,23,27H,10-12,14-16H2,(H,29,31)/t23-/m1/s1. The second-order valence-electron chi connectivity index (χ2n) is 8.02. The summed E-state index contributed by atoms with van der Waals surface area (Å²) < 4.78 is 1.70. The highest BCUT2D eigenvalue weighted by atomic mass is 35.5. The van der Waals surface area contributed by atoms with Crippen molar-refractivity contribution in [3.63, 3.8) is 0 Å². The van der Waals surface area contributed by atoms with Crippen molar-refractivity contribution in [1.82, 2.24) is 20.2 Å². The van der Waals surface area contributed by atoms with Gasteiger partial charge in [-0.25, -0.2) is 0 Å². The van der Waals surface area contributed by atoms with Gasteiger partial charge in [-0.05, 0) is 68.2 Å². The number of amides is 1. The summed E-state index contributed by atoms with van der Waals surface area (Å²) in [5.74, 6) is 0.136. The van der Waals surface area contributed by atoms with Crippen molar-refractivity contribution in [2.45, 2.75) is 25.3 Å². The molecule has 1 amide bonds. The van der Waals surface area contributed by atoms with E-state index >= 15 is 0 Å². The van der Waals surface area contributed by atoms with Crippen LogP contribution in [0.2, 0.25) is 5.02 Å². The Morgan fingerprint density at radius 3 is 2.62 bits per heavy atom. The van der Waals surface area contributed by atoms with Crippen LogP contribution in [0.4, 0.5) is 0 Å². The number of aromatic nitrogens is 2. The fourth-order valence-electron chi connectivity index (χ4n) is 4.16. The molecule has 0 saturated carbocycles. The number of nitrogens with one attached hydrogen (secondary N) is 2. The summed E-state index contributed by atoms with van der Waals surface area (Å²) in [7, 11) is 0. The average Bonchev–Trinajstić information content (AvgIpc) is 2.83. The van der Waals surface area contributed by atoms with Gasteiger partial charge in [0.15, 0.2) is 0 Å². The molecule has 4 rings (SSSR count). The molecule has 1 aromatic carbocycles. The molecule has 32 heavy (non-hydrogen) atoms. The van der Waals surface area contributed by atoms with E-state index in [2.05, 4.69) is 15.6 Å². The minimum absolute atomic E-state index is 0.0575. The van der Waals surface area contributed by atoms with E-state index in [0.717, 1.165) is 37.2 Å². The molecule has 0 unspecified atom stereocenters. The number of halogens is 1. The molecule has 6 nitrogen and oxygen atoms in total. The van der Waals surface area contributed by atoms with Gasteiger partial charge in [-0.2, -0.15) is 0 Å². The van der Waals surface area contributed by atoms with Crippen LogP contribution < -0.4 is 16.2 Å². The lowest BCUT2D eigenvalue weighted by molar-refractivity contribution is -0.125. The molecule has 1 fully saturated rings. The smallest absolute Gasteiger partial charge is 0.254 e. The van der Waals surface area contributed by atoms with Gasteiger partial charge in [-0.1, -0.05) is 35.9 Å². The molecule has 3 aromatic rings. The van der Waals surface area contributed by atoms with Crippen molar-refractivity contribution in [3.05, 3.63) is 99.2 Å². The number of piperidine rings is 1. The van der Waals surface area contributed by atoms with Gasteiger partial charge in [0.1, 0.15) is 6.04 Å². The van der Waals surface area contributed by atoms with Crippen LogP contribution in [0.15, 0.2) is 71.8 Å². The average molecular weight is 451 g/mol. The summed E-state index contributed by atoms with van der Waals surface area (Å²) in [4.78, 5) is 30.3. The molecule has 1 aliphatic heterocycles. The van der Waals surface area contributed by atoms with Crippen LogP contribution in [-0.2, 0) is 11.2 Å². The van der Waals surface area contributed by atoms with E-state index in [0.29, 0.717) is 23.6 Å². The zero-order valence-corrected chi connectivity index (χ0v) is 18.6. The first-order chi connectivity index (χ1) is 15.6. The third kappa shape index (κ3) is 5.26. The zero-order chi connectivity index (χ0) is 22.3. The monoisotopic (exact) mass is 450 g/mol. The molecule has 7 heteroatoms. The largest absolute Gasteiger partial charge is 0.356 e. The van der Waals surface area contributed by atoms with Gasteiger partial charge in [0.2, 0.25) is 5.91 Å². The summed E-state index contributed by atoms with van der Waals surface area (Å²) >= 11 is 6.08. The van der Waals surface area contributed by atoms with Crippen LogP contribution in [0.3, 0.4) is 0 Å². The van der Waals surface area contributed by atoms with E-state index in [1.807, 2.05) is 54.6 Å². The SMILES string of the molecule is O=C(NCCc1cccn([C@H](c2ccc(Cl)cc2)c2ccccn2)c1=O)C1CCNCC1. The van der Waals surface area contributed by atoms with Gasteiger partial charge >= 0.3 is 0 Å². The Morgan fingerprint density at radius 1 is 1.12 bits per heavy atom. The Kier molecular flexibility index (Phi) is 7.35. The number of carbonyl (C=O) groups is 1. The Labute approximate surface area is 192 Å². The summed E-state index contributed by atoms with van der Waals surface area (Å²) in [5, 5.41) is 6.91. The number of rotatable bonds is 7. The van der Waals surface area contributed by atoms with E-state index < -0.39 is 0 Å². The maximum absolute atomic E-state index is 13.4. The molecule has 0 spiro atoms. The predicted octanol–water partition coefficient (Wildman–Crippen LogP) is 3.19. The second kappa shape index (κ2) is 10.6. The zero-order valence-electron chi connectivity index (χ0n) is 17.8. The maximum atomic E-state index is 13.4. The summed E-state index contributed by atoms with van der Waals surface area (Å²) in [6.45, 7) is 2.19. The normalized spacial score (nSPS) is 15.3. The van der Waals surface area contributed by atoms with Gasteiger partial charge in [-0.15, -0.1) is 0 Å². The fraction of sp³-hybridized carbons (Fsp3) is 0.320. The van der Waals surface area contributed by atoms with Crippen molar-refractivity contribution in [2.24, 2.45) is 5.92 Å².